The molecule has 0 aliphatic carbocycles. The highest BCUT2D eigenvalue weighted by Gasteiger charge is 2.43. The highest BCUT2D eigenvalue weighted by molar-refractivity contribution is 8.76. The van der Waals surface area contributed by atoms with Gasteiger partial charge in [-0.1, -0.05) is 88.3 Å². The Hall–Kier alpha value is -14.5. The maximum atomic E-state index is 15.9. The van der Waals surface area contributed by atoms with Crippen molar-refractivity contribution in [1.82, 2.24) is 101 Å². The molecule has 0 unspecified atom stereocenters. The normalized spacial score (nSPS) is 20.2. The second kappa shape index (κ2) is 62.6. The molecule has 0 bridgehead atoms. The van der Waals surface area contributed by atoms with Gasteiger partial charge in [0.05, 0.1) is 6.04 Å². The van der Waals surface area contributed by atoms with Crippen LogP contribution in [0, 0.1) is 27.0 Å². The van der Waals surface area contributed by atoms with Crippen LogP contribution in [0.5, 0.6) is 11.5 Å². The third-order valence-corrected chi connectivity index (χ3v) is 25.5. The summed E-state index contributed by atoms with van der Waals surface area (Å²) in [6, 6.07) is -0.249. The number of primary amides is 1. The SMILES string of the molecule is N=C(N)NCCC[C@H](NC(=O)[C@@H]1CSSC[C@H](NC(=O)[C@H](CCCNC(=N)N)NC(=O)[C@@H](Cc2ccc3ccccc3c2)NC(=O)[C@@H](N)CCCNC(=N)N)C(=O)N[C@@H](Cc2ccc(O)cc2)C(=O)N[C@@H](CCCNC(=N)N)C(=O)N[C@@H](CCCCN)C(=O)N[C@H](CCCCN)C(=O)N2CCC[C@H]2C(=O)N[C@@H](Cc2ccc(O)cc2)C(=O)N[C@@H](CCCNC(=N)N)C(=O)N[C@@H](CCCNC(N)=O)C(=O)N1)C(=O)O. The number of phenolic OH excluding ortho intramolecular Hbond substituents is 2. The summed E-state index contributed by atoms with van der Waals surface area (Å²) < 4.78 is 0. The predicted octanol–water partition coefficient (Wildman–Crippen LogP) is -6.08. The predicted molar refractivity (Wildman–Crippen MR) is 538 cm³/mol. The molecule has 0 radical (unpaired) electrons. The van der Waals surface area contributed by atoms with E-state index in [1.807, 2.05) is 18.2 Å². The monoisotopic (exact) mass is 2040 g/mol. The first-order valence-electron chi connectivity index (χ1n) is 47.3. The molecule has 2 saturated heterocycles. The summed E-state index contributed by atoms with van der Waals surface area (Å²) in [7, 11) is 1.45. The van der Waals surface area contributed by atoms with Crippen LogP contribution in [0.25, 0.3) is 10.8 Å². The van der Waals surface area contributed by atoms with Crippen LogP contribution in [0.4, 0.5) is 4.79 Å². The molecule has 2 aliphatic heterocycles. The first-order valence-corrected chi connectivity index (χ1v) is 49.8. The molecule has 6 rings (SSSR count). The molecule has 53 heteroatoms. The number of aromatic hydroxyl groups is 2. The Labute approximate surface area is 835 Å². The largest absolute Gasteiger partial charge is 0.508 e. The number of rotatable bonds is 47. The standard InChI is InChI=1S/C90H141N33O18S2/c91-35-5-3-17-58-74(129)116-63(18-4-6-36-92)83(138)123-43-13-24-70(123)82(137)120-66(46-51-28-33-56(125)34-29-51)78(133)114-60(20-9-39-107-87(98)99)73(128)112-61(22-11-42-110-90(104)141)75(130)121-68(80(135)117-64(84(139)140)23-12-41-109-89(102)103)48-142-143-49-69(81(136)119-65(45-50-26-31-55(124)32-27-50)77(132)113-59(72(127)111-58)19-8-38-106-86(96)97)122-76(131)62(21-10-40-108-88(100)101)115-79(134)67(118-71(126)57(93)16-7-37-105-85(94)95)47-52-25-30-53-14-1-2-15-54(53)44-52/h1-2,14-15,25-34,44,57-70,124-125H,3-13,16-24,35-43,45-49,91-93H2,(H,111,127)(H,112,128)(H,113,132)(H,114,133)(H,115,134)(H,116,129)(H,117,135)(H,118,126)(H,119,136)(H,120,137)(H,121,130)(H,122,131)(H,139,140)(H4,94,95,105)(H4,96,97,106)(H4,98,99,107)(H4,100,101,108)(H4,102,103,109)(H3,104,110,141)/t57-,58-,59-,60-,61-,62-,63+,64-,65-,66-,67+,68-,69-,70-/m0/s1. The van der Waals surface area contributed by atoms with Gasteiger partial charge in [-0.2, -0.15) is 0 Å². The fraction of sp³-hybridized carbons (Fsp3) is 0.533. The Balaban J connectivity index is 1.60. The minimum absolute atomic E-state index is 0.0114. The number of hydrogen-bond donors (Lipinski definition) is 35. The number of carboxylic acid groups (broad SMARTS) is 1. The van der Waals surface area contributed by atoms with Gasteiger partial charge in [0, 0.05) is 76.6 Å². The lowest BCUT2D eigenvalue weighted by Crippen LogP contribution is -2.61. The number of carbonyl (C=O) groups is 15. The molecule has 44 N–H and O–H groups in total. The molecule has 14 atom stereocenters. The summed E-state index contributed by atoms with van der Waals surface area (Å²) in [4.78, 5) is 225. The number of hydrogen-bond acceptors (Lipinski definition) is 27. The average Bonchev–Trinajstić information content (AvgIpc) is 1.73. The van der Waals surface area contributed by atoms with Gasteiger partial charge in [-0.15, -0.1) is 0 Å². The number of urea groups is 1. The van der Waals surface area contributed by atoms with Crippen molar-refractivity contribution in [3.05, 3.63) is 108 Å². The topological polar surface area (TPSA) is 890 Å². The van der Waals surface area contributed by atoms with Gasteiger partial charge < -0.3 is 168 Å². The summed E-state index contributed by atoms with van der Waals surface area (Å²) in [6.45, 7) is -0.147. The molecule has 143 heavy (non-hydrogen) atoms. The van der Waals surface area contributed by atoms with Gasteiger partial charge >= 0.3 is 12.0 Å². The molecule has 2 fully saturated rings. The number of amides is 15. The maximum Gasteiger partial charge on any atom is 0.326 e. The Morgan fingerprint density at radius 2 is 0.811 bits per heavy atom. The first kappa shape index (κ1) is 117. The van der Waals surface area contributed by atoms with Gasteiger partial charge in [-0.05, 0) is 193 Å². The third-order valence-electron chi connectivity index (χ3n) is 23.1. The summed E-state index contributed by atoms with van der Waals surface area (Å²) in [5.74, 6) is -18.5. The van der Waals surface area contributed by atoms with Gasteiger partial charge in [0.25, 0.3) is 0 Å². The Bertz CT molecular complexity index is 4980. The van der Waals surface area contributed by atoms with E-state index in [1.165, 1.54) is 53.4 Å². The van der Waals surface area contributed by atoms with Gasteiger partial charge in [0.1, 0.15) is 90.0 Å². The van der Waals surface area contributed by atoms with Gasteiger partial charge in [-0.3, -0.25) is 89.4 Å². The molecule has 2 heterocycles. The molecular weight excluding hydrogens is 1900 g/mol. The zero-order valence-corrected chi connectivity index (χ0v) is 81.3. The summed E-state index contributed by atoms with van der Waals surface area (Å²) in [5.41, 5.74) is 53.0. The lowest BCUT2D eigenvalue weighted by Gasteiger charge is -2.31. The van der Waals surface area contributed by atoms with Crippen molar-refractivity contribution in [2.45, 2.75) is 232 Å². The number of carbonyl (C=O) groups excluding carboxylic acids is 14. The van der Waals surface area contributed by atoms with Gasteiger partial charge in [0.2, 0.25) is 76.8 Å². The van der Waals surface area contributed by atoms with E-state index in [0.29, 0.717) is 24.0 Å². The Morgan fingerprint density at radius 1 is 0.413 bits per heavy atom. The summed E-state index contributed by atoms with van der Waals surface area (Å²) >= 11 is 0. The molecule has 15 amide bonds. The van der Waals surface area contributed by atoms with Crippen molar-refractivity contribution in [2.24, 2.45) is 51.6 Å². The van der Waals surface area contributed by atoms with Crippen molar-refractivity contribution >= 4 is 151 Å². The van der Waals surface area contributed by atoms with E-state index < -0.39 is 222 Å². The van der Waals surface area contributed by atoms with Crippen LogP contribution >= 0.6 is 21.6 Å². The van der Waals surface area contributed by atoms with Crippen molar-refractivity contribution in [2.75, 3.05) is 70.4 Å². The lowest BCUT2D eigenvalue weighted by atomic mass is 10.00. The highest BCUT2D eigenvalue weighted by atomic mass is 33.1. The second-order valence-corrected chi connectivity index (χ2v) is 37.0. The number of aliphatic carboxylic acids is 1. The van der Waals surface area contributed by atoms with Crippen LogP contribution in [-0.2, 0) is 86.4 Å². The molecular formula is C90H141N33O18S2. The van der Waals surface area contributed by atoms with Gasteiger partial charge in [0.15, 0.2) is 29.8 Å². The molecule has 4 aromatic rings. The number of phenols is 2. The maximum absolute atomic E-state index is 15.9. The van der Waals surface area contributed by atoms with Crippen molar-refractivity contribution in [1.29, 1.82) is 27.0 Å². The quantitative estimate of drug-likeness (QED) is 0.00847. The summed E-state index contributed by atoms with van der Waals surface area (Å²) in [5, 5.41) is 120. The number of nitrogens with zero attached hydrogens (tertiary/aromatic N) is 1. The van der Waals surface area contributed by atoms with E-state index in [4.69, 9.17) is 78.6 Å². The Kier molecular flexibility index (Phi) is 51.4. The zero-order chi connectivity index (χ0) is 105. The van der Waals surface area contributed by atoms with Crippen LogP contribution < -0.4 is 147 Å². The molecule has 786 valence electrons. The fourth-order valence-corrected chi connectivity index (χ4v) is 17.8. The molecule has 0 aromatic heterocycles. The number of nitrogens with one attached hydrogen (secondary N) is 23. The number of unbranched alkanes of at least 4 members (excludes halogenated alkanes) is 2. The van der Waals surface area contributed by atoms with E-state index in [9.17, 15) is 29.7 Å². The second-order valence-electron chi connectivity index (χ2n) is 34.5. The minimum Gasteiger partial charge on any atom is -0.508 e. The fourth-order valence-electron chi connectivity index (χ4n) is 15.5. The van der Waals surface area contributed by atoms with Crippen LogP contribution in [-0.4, -0.2) is 294 Å². The minimum atomic E-state index is -1.91. The van der Waals surface area contributed by atoms with Crippen molar-refractivity contribution in [3.8, 4) is 11.5 Å². The van der Waals surface area contributed by atoms with E-state index in [2.05, 4.69) is 95.7 Å². The smallest absolute Gasteiger partial charge is 0.326 e. The molecule has 51 nitrogen and oxygen atoms in total. The van der Waals surface area contributed by atoms with E-state index in [-0.39, 0.29) is 204 Å². The van der Waals surface area contributed by atoms with Crippen molar-refractivity contribution < 1.29 is 87.2 Å². The third kappa shape index (κ3) is 43.7. The lowest BCUT2D eigenvalue weighted by molar-refractivity contribution is -0.142. The number of guanidine groups is 5. The number of benzene rings is 4. The molecule has 2 aliphatic rings. The number of fused-ring (bicyclic) bond motifs is 2. The van der Waals surface area contributed by atoms with Crippen LogP contribution in [0.15, 0.2) is 91.0 Å². The summed E-state index contributed by atoms with van der Waals surface area (Å²) in [6.07, 6.45) is -1.53. The zero-order valence-electron chi connectivity index (χ0n) is 79.7. The molecule has 0 saturated carbocycles. The molecule has 4 aromatic carbocycles. The average molecular weight is 2040 g/mol. The van der Waals surface area contributed by atoms with Crippen molar-refractivity contribution in [3.63, 3.8) is 0 Å². The van der Waals surface area contributed by atoms with Crippen LogP contribution in [0.2, 0.25) is 0 Å². The first-order chi connectivity index (χ1) is 68.2. The number of carboxylic acids is 1. The molecule has 0 spiro atoms. The highest BCUT2D eigenvalue weighted by Crippen LogP contribution is 2.27. The van der Waals surface area contributed by atoms with E-state index >= 15 is 57.5 Å². The van der Waals surface area contributed by atoms with E-state index in [0.717, 1.165) is 32.4 Å². The van der Waals surface area contributed by atoms with E-state index in [1.54, 1.807) is 24.3 Å². The van der Waals surface area contributed by atoms with Gasteiger partial charge in [-0.25, -0.2) is 9.59 Å². The van der Waals surface area contributed by atoms with Crippen LogP contribution in [0.1, 0.15) is 145 Å². The Morgan fingerprint density at radius 3 is 1.29 bits per heavy atom. The number of nitrogens with two attached hydrogens (primary N) is 9. The van der Waals surface area contributed by atoms with Crippen LogP contribution in [0.3, 0.4) is 0 Å².